The van der Waals surface area contributed by atoms with Crippen molar-refractivity contribution >= 4 is 9.84 Å². The SMILES string of the molecule is CN(CCNCCS(C)(=O)=O)C1CCC(C)(C)CC1. The lowest BCUT2D eigenvalue weighted by Gasteiger charge is -2.38. The average molecular weight is 290 g/mol. The minimum atomic E-state index is -2.83. The molecule has 0 unspecified atom stereocenters. The van der Waals surface area contributed by atoms with Gasteiger partial charge in [0.1, 0.15) is 9.84 Å². The zero-order valence-electron chi connectivity index (χ0n) is 12.9. The second kappa shape index (κ2) is 7.04. The highest BCUT2D eigenvalue weighted by molar-refractivity contribution is 7.90. The Morgan fingerprint density at radius 1 is 1.21 bits per heavy atom. The molecule has 0 radical (unpaired) electrons. The minimum absolute atomic E-state index is 0.230. The van der Waals surface area contributed by atoms with Crippen LogP contribution in [0.2, 0.25) is 0 Å². The fourth-order valence-corrected chi connectivity index (χ4v) is 3.16. The maximum absolute atomic E-state index is 11.0. The van der Waals surface area contributed by atoms with E-state index < -0.39 is 9.84 Å². The predicted octanol–water partition coefficient (Wildman–Crippen LogP) is 1.52. The van der Waals surface area contributed by atoms with Crippen molar-refractivity contribution in [2.75, 3.05) is 38.7 Å². The molecule has 0 heterocycles. The van der Waals surface area contributed by atoms with Crippen LogP contribution in [0.3, 0.4) is 0 Å². The molecule has 0 atom stereocenters. The van der Waals surface area contributed by atoms with Crippen molar-refractivity contribution < 1.29 is 8.42 Å². The van der Waals surface area contributed by atoms with Crippen LogP contribution in [0.1, 0.15) is 39.5 Å². The largest absolute Gasteiger partial charge is 0.314 e. The third-order valence-electron chi connectivity index (χ3n) is 4.22. The van der Waals surface area contributed by atoms with Gasteiger partial charge in [0.15, 0.2) is 0 Å². The third kappa shape index (κ3) is 7.28. The fraction of sp³-hybridized carbons (Fsp3) is 1.00. The van der Waals surface area contributed by atoms with Gasteiger partial charge in [0.2, 0.25) is 0 Å². The lowest BCUT2D eigenvalue weighted by molar-refractivity contribution is 0.128. The van der Waals surface area contributed by atoms with Crippen LogP contribution in [0, 0.1) is 5.41 Å². The molecule has 0 aromatic carbocycles. The highest BCUT2D eigenvalue weighted by atomic mass is 32.2. The summed E-state index contributed by atoms with van der Waals surface area (Å²) in [6, 6.07) is 0.699. The highest BCUT2D eigenvalue weighted by Gasteiger charge is 2.28. The third-order valence-corrected chi connectivity index (χ3v) is 5.17. The van der Waals surface area contributed by atoms with Crippen LogP contribution in [0.5, 0.6) is 0 Å². The van der Waals surface area contributed by atoms with E-state index in [0.717, 1.165) is 13.1 Å². The molecule has 4 nitrogen and oxygen atoms in total. The number of nitrogens with zero attached hydrogens (tertiary/aromatic N) is 1. The van der Waals surface area contributed by atoms with Crippen molar-refractivity contribution in [2.24, 2.45) is 5.41 Å². The van der Waals surface area contributed by atoms with Crippen molar-refractivity contribution in [3.05, 3.63) is 0 Å². The van der Waals surface area contributed by atoms with Crippen molar-refractivity contribution in [3.63, 3.8) is 0 Å². The summed E-state index contributed by atoms with van der Waals surface area (Å²) < 4.78 is 22.0. The smallest absolute Gasteiger partial charge is 0.148 e. The van der Waals surface area contributed by atoms with Crippen LogP contribution in [0.25, 0.3) is 0 Å². The molecule has 1 saturated carbocycles. The maximum Gasteiger partial charge on any atom is 0.148 e. The van der Waals surface area contributed by atoms with Crippen molar-refractivity contribution in [1.29, 1.82) is 0 Å². The van der Waals surface area contributed by atoms with Crippen LogP contribution in [0.4, 0.5) is 0 Å². The summed E-state index contributed by atoms with van der Waals surface area (Å²) in [4.78, 5) is 2.42. The van der Waals surface area contributed by atoms with Crippen LogP contribution >= 0.6 is 0 Å². The van der Waals surface area contributed by atoms with Gasteiger partial charge in [0.25, 0.3) is 0 Å². The summed E-state index contributed by atoms with van der Waals surface area (Å²) in [6.07, 6.45) is 6.47. The number of nitrogens with one attached hydrogen (secondary N) is 1. The van der Waals surface area contributed by atoms with Gasteiger partial charge in [-0.3, -0.25) is 0 Å². The van der Waals surface area contributed by atoms with E-state index in [0.29, 0.717) is 18.0 Å². The topological polar surface area (TPSA) is 49.4 Å². The molecule has 0 amide bonds. The number of hydrogen-bond acceptors (Lipinski definition) is 4. The van der Waals surface area contributed by atoms with E-state index in [1.165, 1.54) is 31.9 Å². The van der Waals surface area contributed by atoms with E-state index in [4.69, 9.17) is 0 Å². The number of likely N-dealkylation sites (N-methyl/N-ethyl adjacent to an activating group) is 1. The summed E-state index contributed by atoms with van der Waals surface area (Å²) >= 11 is 0. The standard InChI is InChI=1S/C14H30N2O2S/c1-14(2)7-5-13(6-8-14)16(3)11-9-15-10-12-19(4,17)18/h13,15H,5-12H2,1-4H3. The number of rotatable bonds is 7. The lowest BCUT2D eigenvalue weighted by Crippen LogP contribution is -2.41. The van der Waals surface area contributed by atoms with Gasteiger partial charge < -0.3 is 10.2 Å². The van der Waals surface area contributed by atoms with Crippen LogP contribution in [0.15, 0.2) is 0 Å². The minimum Gasteiger partial charge on any atom is -0.314 e. The molecule has 0 saturated heterocycles. The molecule has 0 aliphatic heterocycles. The Morgan fingerprint density at radius 2 is 1.79 bits per heavy atom. The molecule has 1 N–H and O–H groups in total. The molecular weight excluding hydrogens is 260 g/mol. The molecule has 19 heavy (non-hydrogen) atoms. The Bertz CT molecular complexity index is 356. The van der Waals surface area contributed by atoms with Gasteiger partial charge in [-0.15, -0.1) is 0 Å². The number of sulfone groups is 1. The summed E-state index contributed by atoms with van der Waals surface area (Å²) in [7, 11) is -0.653. The average Bonchev–Trinajstić information content (AvgIpc) is 2.26. The molecule has 1 aliphatic rings. The number of hydrogen-bond donors (Lipinski definition) is 1. The zero-order valence-corrected chi connectivity index (χ0v) is 13.7. The second-order valence-electron chi connectivity index (χ2n) is 6.76. The first-order valence-corrected chi connectivity index (χ1v) is 9.34. The van der Waals surface area contributed by atoms with E-state index in [-0.39, 0.29) is 5.75 Å². The Hall–Kier alpha value is -0.130. The summed E-state index contributed by atoms with van der Waals surface area (Å²) in [5, 5.41) is 3.21. The molecule has 0 bridgehead atoms. The predicted molar refractivity (Wildman–Crippen MR) is 81.2 cm³/mol. The molecule has 1 fully saturated rings. The molecule has 1 aliphatic carbocycles. The van der Waals surface area contributed by atoms with E-state index in [2.05, 4.69) is 31.1 Å². The first kappa shape index (κ1) is 16.9. The van der Waals surface area contributed by atoms with E-state index in [1.807, 2.05) is 0 Å². The van der Waals surface area contributed by atoms with E-state index in [9.17, 15) is 8.42 Å². The van der Waals surface area contributed by atoms with Crippen molar-refractivity contribution in [1.82, 2.24) is 10.2 Å². The van der Waals surface area contributed by atoms with Gasteiger partial charge in [-0.1, -0.05) is 13.8 Å². The summed E-state index contributed by atoms with van der Waals surface area (Å²) in [5.74, 6) is 0.230. The highest BCUT2D eigenvalue weighted by Crippen LogP contribution is 2.36. The normalized spacial score (nSPS) is 20.9. The molecule has 0 aromatic rings. The molecular formula is C14H30N2O2S. The Labute approximate surface area is 118 Å². The van der Waals surface area contributed by atoms with Gasteiger partial charge in [-0.05, 0) is 38.1 Å². The van der Waals surface area contributed by atoms with Crippen LogP contribution in [-0.2, 0) is 9.84 Å². The van der Waals surface area contributed by atoms with Crippen molar-refractivity contribution in [2.45, 2.75) is 45.6 Å². The molecule has 0 spiro atoms. The summed E-state index contributed by atoms with van der Waals surface area (Å²) in [5.41, 5.74) is 0.519. The second-order valence-corrected chi connectivity index (χ2v) is 9.02. The Balaban J connectivity index is 2.13. The molecule has 1 rings (SSSR count). The van der Waals surface area contributed by atoms with E-state index >= 15 is 0 Å². The Morgan fingerprint density at radius 3 is 2.32 bits per heavy atom. The van der Waals surface area contributed by atoms with Gasteiger partial charge in [-0.25, -0.2) is 8.42 Å². The van der Waals surface area contributed by atoms with Gasteiger partial charge >= 0.3 is 0 Å². The van der Waals surface area contributed by atoms with Gasteiger partial charge in [-0.2, -0.15) is 0 Å². The van der Waals surface area contributed by atoms with Gasteiger partial charge in [0, 0.05) is 31.9 Å². The lowest BCUT2D eigenvalue weighted by atomic mass is 9.75. The first-order chi connectivity index (χ1) is 8.70. The van der Waals surface area contributed by atoms with Crippen molar-refractivity contribution in [3.8, 4) is 0 Å². The quantitative estimate of drug-likeness (QED) is 0.722. The molecule has 5 heteroatoms. The molecule has 0 aromatic heterocycles. The fourth-order valence-electron chi connectivity index (χ4n) is 2.65. The zero-order chi connectivity index (χ0) is 14.5. The van der Waals surface area contributed by atoms with Crippen LogP contribution in [-0.4, -0.2) is 58.1 Å². The first-order valence-electron chi connectivity index (χ1n) is 7.28. The summed E-state index contributed by atoms with van der Waals surface area (Å²) in [6.45, 7) is 7.14. The van der Waals surface area contributed by atoms with Crippen LogP contribution < -0.4 is 5.32 Å². The molecule has 114 valence electrons. The van der Waals surface area contributed by atoms with E-state index in [1.54, 1.807) is 0 Å². The monoisotopic (exact) mass is 290 g/mol. The Kier molecular flexibility index (Phi) is 6.27. The van der Waals surface area contributed by atoms with Gasteiger partial charge in [0.05, 0.1) is 5.75 Å². The maximum atomic E-state index is 11.0.